The summed E-state index contributed by atoms with van der Waals surface area (Å²) < 4.78 is 4.88. The van der Waals surface area contributed by atoms with Crippen LogP contribution in [0.25, 0.3) is 6.08 Å². The largest absolute Gasteiger partial charge is 0.504 e. The highest BCUT2D eigenvalue weighted by Crippen LogP contribution is 2.31. The van der Waals surface area contributed by atoms with Gasteiger partial charge in [-0.1, -0.05) is 12.2 Å². The highest BCUT2D eigenvalue weighted by molar-refractivity contribution is 5.92. The minimum absolute atomic E-state index is 0.156. The molecule has 0 fully saturated rings. The molecule has 0 bridgehead atoms. The Hall–Kier alpha value is -1.97. The summed E-state index contributed by atoms with van der Waals surface area (Å²) in [5.74, 6) is -1.38. The van der Waals surface area contributed by atoms with Crippen molar-refractivity contribution in [2.75, 3.05) is 7.11 Å². The number of ether oxygens (including phenoxy) is 1. The summed E-state index contributed by atoms with van der Waals surface area (Å²) in [6.07, 6.45) is 3.51. The first-order chi connectivity index (χ1) is 7.10. The zero-order valence-electron chi connectivity index (χ0n) is 8.52. The first-order valence-electron chi connectivity index (χ1n) is 4.37. The maximum Gasteiger partial charge on any atom is 0.339 e. The van der Waals surface area contributed by atoms with E-state index in [9.17, 15) is 9.90 Å². The van der Waals surface area contributed by atoms with Crippen molar-refractivity contribution in [1.82, 2.24) is 0 Å². The number of hydrogen-bond donors (Lipinski definition) is 2. The van der Waals surface area contributed by atoms with Crippen LogP contribution in [0.2, 0.25) is 0 Å². The van der Waals surface area contributed by atoms with Crippen LogP contribution in [0.4, 0.5) is 0 Å². The smallest absolute Gasteiger partial charge is 0.339 e. The molecular weight excluding hydrogens is 196 g/mol. The average molecular weight is 208 g/mol. The van der Waals surface area contributed by atoms with Gasteiger partial charge in [-0.05, 0) is 24.6 Å². The van der Waals surface area contributed by atoms with Gasteiger partial charge in [0.15, 0.2) is 11.5 Å². The third kappa shape index (κ3) is 2.28. The maximum atomic E-state index is 10.8. The molecule has 0 saturated carbocycles. The van der Waals surface area contributed by atoms with E-state index in [2.05, 4.69) is 0 Å². The molecule has 0 amide bonds. The minimum atomic E-state index is -1.18. The van der Waals surface area contributed by atoms with E-state index >= 15 is 0 Å². The highest BCUT2D eigenvalue weighted by atomic mass is 16.5. The molecule has 4 heteroatoms. The van der Waals surface area contributed by atoms with Crippen LogP contribution in [0.5, 0.6) is 11.5 Å². The number of benzene rings is 1. The Kier molecular flexibility index (Phi) is 3.33. The van der Waals surface area contributed by atoms with Gasteiger partial charge < -0.3 is 14.9 Å². The Morgan fingerprint density at radius 1 is 1.47 bits per heavy atom. The summed E-state index contributed by atoms with van der Waals surface area (Å²) in [6.45, 7) is 1.82. The molecule has 0 atom stereocenters. The summed E-state index contributed by atoms with van der Waals surface area (Å²) in [7, 11) is 1.38. The van der Waals surface area contributed by atoms with Crippen LogP contribution in [0.3, 0.4) is 0 Å². The van der Waals surface area contributed by atoms with Gasteiger partial charge in [-0.25, -0.2) is 4.79 Å². The number of carboxylic acid groups (broad SMARTS) is 1. The van der Waals surface area contributed by atoms with Crippen LogP contribution in [0, 0.1) is 0 Å². The molecule has 0 saturated heterocycles. The van der Waals surface area contributed by atoms with Gasteiger partial charge in [-0.2, -0.15) is 0 Å². The number of carboxylic acids is 1. The molecular formula is C11H12O4. The first kappa shape index (κ1) is 11.1. The first-order valence-corrected chi connectivity index (χ1v) is 4.37. The second-order valence-corrected chi connectivity index (χ2v) is 2.92. The van der Waals surface area contributed by atoms with Crippen LogP contribution in [0.15, 0.2) is 18.2 Å². The van der Waals surface area contributed by atoms with Crippen molar-refractivity contribution in [3.63, 3.8) is 0 Å². The Morgan fingerprint density at radius 3 is 2.60 bits per heavy atom. The van der Waals surface area contributed by atoms with Crippen LogP contribution < -0.4 is 4.74 Å². The van der Waals surface area contributed by atoms with Crippen molar-refractivity contribution in [2.24, 2.45) is 0 Å². The van der Waals surface area contributed by atoms with Gasteiger partial charge in [0.2, 0.25) is 0 Å². The van der Waals surface area contributed by atoms with Gasteiger partial charge in [0, 0.05) is 0 Å². The zero-order valence-corrected chi connectivity index (χ0v) is 8.52. The summed E-state index contributed by atoms with van der Waals surface area (Å²) in [6, 6.07) is 2.96. The fourth-order valence-electron chi connectivity index (χ4n) is 1.24. The molecule has 2 N–H and O–H groups in total. The highest BCUT2D eigenvalue weighted by Gasteiger charge is 2.15. The van der Waals surface area contributed by atoms with Crippen molar-refractivity contribution in [3.05, 3.63) is 29.3 Å². The number of phenols is 1. The molecule has 1 rings (SSSR count). The van der Waals surface area contributed by atoms with Crippen LogP contribution in [-0.2, 0) is 0 Å². The number of carbonyl (C=O) groups is 1. The second-order valence-electron chi connectivity index (χ2n) is 2.92. The van der Waals surface area contributed by atoms with Crippen LogP contribution in [0.1, 0.15) is 22.8 Å². The average Bonchev–Trinajstić information content (AvgIpc) is 2.20. The fourth-order valence-corrected chi connectivity index (χ4v) is 1.24. The number of methoxy groups -OCH3 is 1. The lowest BCUT2D eigenvalue weighted by atomic mass is 10.1. The van der Waals surface area contributed by atoms with Crippen LogP contribution in [-0.4, -0.2) is 23.3 Å². The van der Waals surface area contributed by atoms with Gasteiger partial charge in [0.1, 0.15) is 5.56 Å². The monoisotopic (exact) mass is 208 g/mol. The van der Waals surface area contributed by atoms with E-state index in [1.807, 2.05) is 6.92 Å². The molecule has 0 aliphatic carbocycles. The Balaban J connectivity index is 3.38. The molecule has 0 aliphatic heterocycles. The van der Waals surface area contributed by atoms with Crippen LogP contribution >= 0.6 is 0 Å². The summed E-state index contributed by atoms with van der Waals surface area (Å²) in [5.41, 5.74) is 0.506. The van der Waals surface area contributed by atoms with E-state index < -0.39 is 5.97 Å². The van der Waals surface area contributed by atoms with Gasteiger partial charge in [-0.3, -0.25) is 0 Å². The van der Waals surface area contributed by atoms with Crippen molar-refractivity contribution in [3.8, 4) is 11.5 Å². The number of aromatic hydroxyl groups is 1. The molecule has 1 aromatic rings. The Morgan fingerprint density at radius 2 is 2.13 bits per heavy atom. The minimum Gasteiger partial charge on any atom is -0.504 e. The van der Waals surface area contributed by atoms with E-state index in [-0.39, 0.29) is 17.1 Å². The van der Waals surface area contributed by atoms with Crippen molar-refractivity contribution >= 4 is 12.0 Å². The molecule has 0 aromatic heterocycles. The molecule has 0 radical (unpaired) electrons. The lowest BCUT2D eigenvalue weighted by molar-refractivity contribution is 0.0693. The van der Waals surface area contributed by atoms with Gasteiger partial charge in [0.25, 0.3) is 0 Å². The maximum absolute atomic E-state index is 10.8. The van der Waals surface area contributed by atoms with Gasteiger partial charge in [0.05, 0.1) is 7.11 Å². The fraction of sp³-hybridized carbons (Fsp3) is 0.182. The Bertz CT molecular complexity index is 407. The lowest BCUT2D eigenvalue weighted by Gasteiger charge is -2.07. The third-order valence-corrected chi connectivity index (χ3v) is 1.91. The summed E-state index contributed by atoms with van der Waals surface area (Å²) in [4.78, 5) is 10.8. The quantitative estimate of drug-likeness (QED) is 0.798. The topological polar surface area (TPSA) is 66.8 Å². The number of aromatic carboxylic acids is 1. The molecule has 80 valence electrons. The molecule has 0 aliphatic rings. The standard InChI is InChI=1S/C11H12O4/c1-3-4-7-5-8(11(13)14)10(12)9(6-7)15-2/h3-6,12H,1-2H3,(H,13,14). The molecule has 4 nitrogen and oxygen atoms in total. The number of hydrogen-bond acceptors (Lipinski definition) is 3. The summed E-state index contributed by atoms with van der Waals surface area (Å²) in [5, 5.41) is 18.4. The van der Waals surface area contributed by atoms with E-state index in [0.29, 0.717) is 5.56 Å². The molecule has 1 aromatic carbocycles. The van der Waals surface area contributed by atoms with E-state index in [4.69, 9.17) is 9.84 Å². The molecule has 15 heavy (non-hydrogen) atoms. The second kappa shape index (κ2) is 4.50. The van der Waals surface area contributed by atoms with Crippen molar-refractivity contribution < 1.29 is 19.7 Å². The Labute approximate surface area is 87.4 Å². The molecule has 0 heterocycles. The van der Waals surface area contributed by atoms with E-state index in [0.717, 1.165) is 0 Å². The number of allylic oxidation sites excluding steroid dienone is 1. The van der Waals surface area contributed by atoms with Gasteiger partial charge in [-0.15, -0.1) is 0 Å². The predicted octanol–water partition coefficient (Wildman–Crippen LogP) is 2.13. The lowest BCUT2D eigenvalue weighted by Crippen LogP contribution is -1.99. The molecule has 0 spiro atoms. The number of rotatable bonds is 3. The van der Waals surface area contributed by atoms with E-state index in [1.54, 1.807) is 18.2 Å². The predicted molar refractivity (Wildman–Crippen MR) is 56.3 cm³/mol. The van der Waals surface area contributed by atoms with E-state index in [1.165, 1.54) is 13.2 Å². The van der Waals surface area contributed by atoms with Crippen molar-refractivity contribution in [1.29, 1.82) is 0 Å². The normalized spacial score (nSPS) is 10.5. The van der Waals surface area contributed by atoms with Crippen molar-refractivity contribution in [2.45, 2.75) is 6.92 Å². The third-order valence-electron chi connectivity index (χ3n) is 1.91. The zero-order chi connectivity index (χ0) is 11.4. The molecule has 0 unspecified atom stereocenters. The summed E-state index contributed by atoms with van der Waals surface area (Å²) >= 11 is 0. The SMILES string of the molecule is CC=Cc1cc(OC)c(O)c(C(=O)O)c1. The van der Waals surface area contributed by atoms with Gasteiger partial charge >= 0.3 is 5.97 Å².